The summed E-state index contributed by atoms with van der Waals surface area (Å²) in [6, 6.07) is 8.56. The quantitative estimate of drug-likeness (QED) is 0.400. The third kappa shape index (κ3) is 4.93. The van der Waals surface area contributed by atoms with Gasteiger partial charge in [0.05, 0.1) is 16.5 Å². The van der Waals surface area contributed by atoms with Gasteiger partial charge in [0.1, 0.15) is 11.9 Å². The second kappa shape index (κ2) is 10.3. The van der Waals surface area contributed by atoms with Crippen LogP contribution in [0.2, 0.25) is 0 Å². The molecule has 7 nitrogen and oxygen atoms in total. The number of halogens is 4. The highest BCUT2D eigenvalue weighted by Crippen LogP contribution is 2.48. The lowest BCUT2D eigenvalue weighted by Gasteiger charge is -2.42. The number of nitrogens with one attached hydrogen (secondary N) is 3. The number of amides is 3. The predicted octanol–water partition coefficient (Wildman–Crippen LogP) is 4.60. The first kappa shape index (κ1) is 27.7. The number of nitrogens with zero attached hydrogens (tertiary/aromatic N) is 1. The van der Waals surface area contributed by atoms with Crippen LogP contribution in [0, 0.1) is 17.2 Å². The highest BCUT2D eigenvalue weighted by atomic mass is 19.4. The fourth-order valence-electron chi connectivity index (χ4n) is 5.96. The SMILES string of the molecule is CC(C)[C@@H](NC(=O)c1cc(C(F)(F)F)ccc1F)C(=O)N1CCC2(CC1)C(=O)NCC2c1ccc2[nH]ccc2c1. The summed E-state index contributed by atoms with van der Waals surface area (Å²) in [5, 5.41) is 6.49. The Hall–Kier alpha value is -3.89. The number of hydrogen-bond donors (Lipinski definition) is 3. The van der Waals surface area contributed by atoms with Crippen molar-refractivity contribution in [2.24, 2.45) is 11.3 Å². The number of alkyl halides is 3. The van der Waals surface area contributed by atoms with Crippen molar-refractivity contribution in [1.82, 2.24) is 20.5 Å². The van der Waals surface area contributed by atoms with Gasteiger partial charge in [-0.1, -0.05) is 19.9 Å². The highest BCUT2D eigenvalue weighted by molar-refractivity contribution is 5.98. The van der Waals surface area contributed by atoms with Crippen LogP contribution in [-0.4, -0.2) is 53.3 Å². The van der Waals surface area contributed by atoms with Crippen molar-refractivity contribution in [2.45, 2.75) is 44.8 Å². The minimum Gasteiger partial charge on any atom is -0.361 e. The Bertz CT molecular complexity index is 1460. The Morgan fingerprint density at radius 3 is 2.48 bits per heavy atom. The Balaban J connectivity index is 1.31. The molecule has 0 aliphatic carbocycles. The standard InChI is InChI=1S/C29H30F4N4O3/c1-16(2)24(36-25(38)20-14-19(29(31,32)33)4-5-22(20)30)26(39)37-11-8-28(9-12-37)21(15-35-27(28)40)17-3-6-23-18(13-17)7-10-34-23/h3-7,10,13-14,16,21,24,34H,8-9,11-12,15H2,1-2H3,(H,35,40)(H,36,38)/t21?,24-/m1/s1. The van der Waals surface area contributed by atoms with Gasteiger partial charge in [-0.2, -0.15) is 13.2 Å². The van der Waals surface area contributed by atoms with Crippen LogP contribution < -0.4 is 10.6 Å². The Morgan fingerprint density at radius 1 is 1.07 bits per heavy atom. The molecule has 0 saturated carbocycles. The number of piperidine rings is 1. The van der Waals surface area contributed by atoms with Gasteiger partial charge >= 0.3 is 6.18 Å². The molecule has 3 aromatic rings. The molecule has 3 N–H and O–H groups in total. The average molecular weight is 559 g/mol. The molecule has 212 valence electrons. The van der Waals surface area contributed by atoms with Crippen LogP contribution in [0.15, 0.2) is 48.7 Å². The number of hydrogen-bond acceptors (Lipinski definition) is 3. The van der Waals surface area contributed by atoms with E-state index >= 15 is 0 Å². The minimum atomic E-state index is -4.75. The fraction of sp³-hybridized carbons (Fsp3) is 0.414. The molecule has 5 rings (SSSR count). The summed E-state index contributed by atoms with van der Waals surface area (Å²) in [5.74, 6) is -3.17. The van der Waals surface area contributed by atoms with Crippen molar-refractivity contribution in [3.8, 4) is 0 Å². The normalized spacial score (nSPS) is 19.7. The number of carbonyl (C=O) groups is 3. The molecule has 3 heterocycles. The van der Waals surface area contributed by atoms with E-state index in [2.05, 4.69) is 21.7 Å². The lowest BCUT2D eigenvalue weighted by Crippen LogP contribution is -2.55. The molecule has 11 heteroatoms. The number of aromatic amines is 1. The van der Waals surface area contributed by atoms with Crippen molar-refractivity contribution in [2.75, 3.05) is 19.6 Å². The van der Waals surface area contributed by atoms with Crippen molar-refractivity contribution in [1.29, 1.82) is 0 Å². The molecule has 2 aliphatic heterocycles. The summed E-state index contributed by atoms with van der Waals surface area (Å²) in [6.07, 6.45) is -2.06. The maximum atomic E-state index is 14.3. The molecular formula is C29H30F4N4O3. The van der Waals surface area contributed by atoms with Crippen LogP contribution in [0.4, 0.5) is 17.6 Å². The Morgan fingerprint density at radius 2 is 1.80 bits per heavy atom. The van der Waals surface area contributed by atoms with E-state index in [1.165, 1.54) is 0 Å². The molecule has 2 saturated heterocycles. The topological polar surface area (TPSA) is 94.3 Å². The van der Waals surface area contributed by atoms with Crippen LogP contribution in [0.25, 0.3) is 10.9 Å². The largest absolute Gasteiger partial charge is 0.416 e. The van der Waals surface area contributed by atoms with Gasteiger partial charge in [0.25, 0.3) is 5.91 Å². The van der Waals surface area contributed by atoms with Crippen molar-refractivity contribution in [3.63, 3.8) is 0 Å². The Kier molecular flexibility index (Phi) is 7.09. The van der Waals surface area contributed by atoms with Gasteiger partial charge in [-0.15, -0.1) is 0 Å². The molecule has 3 amide bonds. The van der Waals surface area contributed by atoms with E-state index < -0.39 is 52.3 Å². The summed E-state index contributed by atoms with van der Waals surface area (Å²) < 4.78 is 53.7. The molecule has 1 spiro atoms. The molecule has 40 heavy (non-hydrogen) atoms. The van der Waals surface area contributed by atoms with Crippen LogP contribution >= 0.6 is 0 Å². The number of carbonyl (C=O) groups excluding carboxylic acids is 3. The number of rotatable bonds is 5. The highest BCUT2D eigenvalue weighted by Gasteiger charge is 2.52. The zero-order chi connectivity index (χ0) is 28.8. The minimum absolute atomic E-state index is 0.0486. The van der Waals surface area contributed by atoms with Gasteiger partial charge in [0, 0.05) is 37.3 Å². The first-order valence-corrected chi connectivity index (χ1v) is 13.2. The van der Waals surface area contributed by atoms with E-state index in [1.807, 2.05) is 24.4 Å². The molecule has 2 aromatic carbocycles. The Labute approximate surface area is 228 Å². The second-order valence-electron chi connectivity index (χ2n) is 11.0. The molecule has 0 bridgehead atoms. The fourth-order valence-corrected chi connectivity index (χ4v) is 5.96. The first-order valence-electron chi connectivity index (χ1n) is 13.2. The van der Waals surface area contributed by atoms with Gasteiger partial charge < -0.3 is 20.5 Å². The lowest BCUT2D eigenvalue weighted by atomic mass is 9.67. The second-order valence-corrected chi connectivity index (χ2v) is 11.0. The summed E-state index contributed by atoms with van der Waals surface area (Å²) in [7, 11) is 0. The third-order valence-electron chi connectivity index (χ3n) is 8.29. The van der Waals surface area contributed by atoms with Crippen LogP contribution in [0.5, 0.6) is 0 Å². The maximum absolute atomic E-state index is 14.3. The molecule has 2 atom stereocenters. The van der Waals surface area contributed by atoms with Gasteiger partial charge in [0.2, 0.25) is 11.8 Å². The number of benzene rings is 2. The van der Waals surface area contributed by atoms with E-state index in [0.717, 1.165) is 16.5 Å². The summed E-state index contributed by atoms with van der Waals surface area (Å²) in [5.41, 5.74) is -0.579. The summed E-state index contributed by atoms with van der Waals surface area (Å²) in [6.45, 7) is 4.41. The maximum Gasteiger partial charge on any atom is 0.416 e. The smallest absolute Gasteiger partial charge is 0.361 e. The zero-order valence-corrected chi connectivity index (χ0v) is 22.1. The van der Waals surface area contributed by atoms with E-state index in [0.29, 0.717) is 37.6 Å². The van der Waals surface area contributed by atoms with Crippen molar-refractivity contribution < 1.29 is 31.9 Å². The van der Waals surface area contributed by atoms with E-state index in [4.69, 9.17) is 0 Å². The van der Waals surface area contributed by atoms with Gasteiger partial charge in [0.15, 0.2) is 0 Å². The van der Waals surface area contributed by atoms with Crippen LogP contribution in [0.3, 0.4) is 0 Å². The number of aromatic nitrogens is 1. The third-order valence-corrected chi connectivity index (χ3v) is 8.29. The van der Waals surface area contributed by atoms with Crippen molar-refractivity contribution in [3.05, 3.63) is 71.2 Å². The van der Waals surface area contributed by atoms with E-state index in [1.54, 1.807) is 18.7 Å². The van der Waals surface area contributed by atoms with Gasteiger partial charge in [-0.25, -0.2) is 4.39 Å². The first-order chi connectivity index (χ1) is 18.9. The summed E-state index contributed by atoms with van der Waals surface area (Å²) in [4.78, 5) is 44.2. The predicted molar refractivity (Wildman–Crippen MR) is 140 cm³/mol. The number of H-pyrrole nitrogens is 1. The number of fused-ring (bicyclic) bond motifs is 1. The van der Waals surface area contributed by atoms with E-state index in [-0.39, 0.29) is 24.9 Å². The van der Waals surface area contributed by atoms with Gasteiger partial charge in [-0.3, -0.25) is 14.4 Å². The molecule has 0 radical (unpaired) electrons. The van der Waals surface area contributed by atoms with Crippen LogP contribution in [-0.2, 0) is 15.8 Å². The monoisotopic (exact) mass is 558 g/mol. The molecule has 1 unspecified atom stereocenters. The molecular weight excluding hydrogens is 528 g/mol. The molecule has 2 fully saturated rings. The zero-order valence-electron chi connectivity index (χ0n) is 22.1. The van der Waals surface area contributed by atoms with Crippen molar-refractivity contribution >= 4 is 28.6 Å². The van der Waals surface area contributed by atoms with Crippen LogP contribution in [0.1, 0.15) is 54.1 Å². The molecule has 1 aromatic heterocycles. The summed E-state index contributed by atoms with van der Waals surface area (Å²) >= 11 is 0. The molecule has 2 aliphatic rings. The lowest BCUT2D eigenvalue weighted by molar-refractivity contribution is -0.141. The number of likely N-dealkylation sites (tertiary alicyclic amines) is 1. The average Bonchev–Trinajstić information content (AvgIpc) is 3.50. The van der Waals surface area contributed by atoms with E-state index in [9.17, 15) is 31.9 Å². The van der Waals surface area contributed by atoms with Gasteiger partial charge in [-0.05, 0) is 66.1 Å².